The summed E-state index contributed by atoms with van der Waals surface area (Å²) >= 11 is 16.4. The van der Waals surface area contributed by atoms with Crippen LogP contribution >= 0.6 is 34.8 Å². The van der Waals surface area contributed by atoms with E-state index in [-0.39, 0.29) is 4.90 Å². The average Bonchev–Trinajstić information content (AvgIpc) is 2.73. The van der Waals surface area contributed by atoms with Crippen molar-refractivity contribution >= 4 is 60.6 Å². The summed E-state index contributed by atoms with van der Waals surface area (Å²) in [6, 6.07) is 2.42. The number of halogens is 3. The first-order valence-electron chi connectivity index (χ1n) is 7.39. The first-order valence-corrected chi connectivity index (χ1v) is 11.8. The van der Waals surface area contributed by atoms with Gasteiger partial charge in [0.15, 0.2) is 9.84 Å². The number of sulfonamides is 1. The van der Waals surface area contributed by atoms with Crippen molar-refractivity contribution in [3.05, 3.63) is 29.3 Å². The van der Waals surface area contributed by atoms with Gasteiger partial charge in [0.2, 0.25) is 10.0 Å². The van der Waals surface area contributed by atoms with E-state index in [1.807, 2.05) is 6.92 Å². The Balaban J connectivity index is 2.26. The van der Waals surface area contributed by atoms with E-state index in [2.05, 4.69) is 10.0 Å². The molecule has 12 heteroatoms. The fraction of sp³-hybridized carbons (Fsp3) is 0.500. The average molecular weight is 464 g/mol. The number of hydrogen-bond acceptors (Lipinski definition) is 5. The van der Waals surface area contributed by atoms with Gasteiger partial charge < -0.3 is 5.32 Å². The van der Waals surface area contributed by atoms with Gasteiger partial charge in [-0.2, -0.15) is 0 Å². The molecule has 1 amide bonds. The van der Waals surface area contributed by atoms with E-state index in [1.54, 1.807) is 13.0 Å². The van der Waals surface area contributed by atoms with Crippen LogP contribution < -0.4 is 10.0 Å². The van der Waals surface area contributed by atoms with Crippen molar-refractivity contribution in [3.8, 4) is 0 Å². The van der Waals surface area contributed by atoms with Crippen LogP contribution in [0.3, 0.4) is 0 Å². The Morgan fingerprint density at radius 1 is 1.12 bits per heavy atom. The minimum atomic E-state index is -4.00. The Morgan fingerprint density at radius 2 is 1.69 bits per heavy atom. The molecule has 0 saturated carbocycles. The van der Waals surface area contributed by atoms with Crippen molar-refractivity contribution in [2.75, 3.05) is 11.5 Å². The molecule has 1 aromatic rings. The maximum Gasteiger partial charge on any atom is 0.272 e. The number of benzene rings is 1. The SMILES string of the molecule is Cc1ccc(S(=O)(=O)N[C@@H]2CS(=O)(=O)C[C@H]2NC(=O)C(Cl)(Cl)Cl)cc1C. The van der Waals surface area contributed by atoms with Crippen LogP contribution in [0.5, 0.6) is 0 Å². The smallest absolute Gasteiger partial charge is 0.272 e. The molecule has 7 nitrogen and oxygen atoms in total. The normalized spacial score (nSPS) is 23.0. The summed E-state index contributed by atoms with van der Waals surface area (Å²) in [5.74, 6) is -1.96. The van der Waals surface area contributed by atoms with Crippen molar-refractivity contribution in [3.63, 3.8) is 0 Å². The number of hydrogen-bond donors (Lipinski definition) is 2. The second-order valence-corrected chi connectivity index (χ2v) is 12.3. The van der Waals surface area contributed by atoms with Crippen molar-refractivity contribution in [2.24, 2.45) is 0 Å². The number of carbonyl (C=O) groups is 1. The molecular formula is C14H17Cl3N2O5S2. The number of aryl methyl sites for hydroxylation is 2. The van der Waals surface area contributed by atoms with Gasteiger partial charge >= 0.3 is 0 Å². The fourth-order valence-electron chi connectivity index (χ4n) is 2.50. The topological polar surface area (TPSA) is 109 Å². The van der Waals surface area contributed by atoms with E-state index >= 15 is 0 Å². The molecule has 1 fully saturated rings. The van der Waals surface area contributed by atoms with Crippen LogP contribution in [0.1, 0.15) is 11.1 Å². The molecule has 0 spiro atoms. The van der Waals surface area contributed by atoms with Crippen molar-refractivity contribution in [1.82, 2.24) is 10.0 Å². The molecule has 2 N–H and O–H groups in total. The monoisotopic (exact) mass is 462 g/mol. The third-order valence-corrected chi connectivity index (χ3v) is 7.76. The molecule has 0 aromatic heterocycles. The molecule has 0 radical (unpaired) electrons. The molecule has 2 rings (SSSR count). The number of alkyl halides is 3. The van der Waals surface area contributed by atoms with Gasteiger partial charge in [-0.05, 0) is 37.1 Å². The van der Waals surface area contributed by atoms with Crippen LogP contribution in [0.4, 0.5) is 0 Å². The number of carbonyl (C=O) groups excluding carboxylic acids is 1. The van der Waals surface area contributed by atoms with E-state index in [9.17, 15) is 21.6 Å². The summed E-state index contributed by atoms with van der Waals surface area (Å²) in [7, 11) is -7.58. The summed E-state index contributed by atoms with van der Waals surface area (Å²) < 4.78 is 49.1. The first-order chi connectivity index (χ1) is 11.7. The van der Waals surface area contributed by atoms with Crippen LogP contribution in [0.15, 0.2) is 23.1 Å². The zero-order valence-electron chi connectivity index (χ0n) is 13.8. The zero-order valence-corrected chi connectivity index (χ0v) is 17.7. The molecule has 1 saturated heterocycles. The maximum absolute atomic E-state index is 12.6. The Hall–Kier alpha value is -0.580. The van der Waals surface area contributed by atoms with Gasteiger partial charge in [0, 0.05) is 0 Å². The highest BCUT2D eigenvalue weighted by molar-refractivity contribution is 7.92. The van der Waals surface area contributed by atoms with Gasteiger partial charge in [-0.25, -0.2) is 21.6 Å². The number of sulfone groups is 1. The number of rotatable bonds is 4. The molecule has 0 aliphatic carbocycles. The molecule has 1 aliphatic rings. The molecule has 0 unspecified atom stereocenters. The van der Waals surface area contributed by atoms with Crippen molar-refractivity contribution in [1.29, 1.82) is 0 Å². The largest absolute Gasteiger partial charge is 0.347 e. The van der Waals surface area contributed by atoms with Gasteiger partial charge in [0.1, 0.15) is 0 Å². The van der Waals surface area contributed by atoms with Gasteiger partial charge in [-0.1, -0.05) is 40.9 Å². The van der Waals surface area contributed by atoms with Gasteiger partial charge in [0.05, 0.1) is 28.5 Å². The third kappa shape index (κ3) is 5.24. The molecule has 1 aliphatic heterocycles. The zero-order chi connectivity index (χ0) is 19.9. The molecule has 26 heavy (non-hydrogen) atoms. The minimum absolute atomic E-state index is 0.00338. The fourth-order valence-corrected chi connectivity index (χ4v) is 6.00. The Morgan fingerprint density at radius 3 is 2.23 bits per heavy atom. The van der Waals surface area contributed by atoms with Crippen LogP contribution in [-0.2, 0) is 24.7 Å². The minimum Gasteiger partial charge on any atom is -0.347 e. The Kier molecular flexibility index (Phi) is 6.22. The highest BCUT2D eigenvalue weighted by atomic mass is 35.6. The number of nitrogens with one attached hydrogen (secondary N) is 2. The predicted octanol–water partition coefficient (Wildman–Crippen LogP) is 1.23. The summed E-state index contributed by atoms with van der Waals surface area (Å²) in [6.07, 6.45) is 0. The van der Waals surface area contributed by atoms with E-state index in [0.717, 1.165) is 11.1 Å². The number of amides is 1. The molecular weight excluding hydrogens is 447 g/mol. The second-order valence-electron chi connectivity index (χ2n) is 6.13. The highest BCUT2D eigenvalue weighted by Crippen LogP contribution is 2.27. The molecule has 2 atom stereocenters. The van der Waals surface area contributed by atoms with Crippen molar-refractivity contribution < 1.29 is 21.6 Å². The summed E-state index contributed by atoms with van der Waals surface area (Å²) in [5.41, 5.74) is 1.69. The Bertz CT molecular complexity index is 926. The van der Waals surface area contributed by atoms with Crippen LogP contribution in [0.25, 0.3) is 0 Å². The predicted molar refractivity (Wildman–Crippen MR) is 101 cm³/mol. The summed E-state index contributed by atoms with van der Waals surface area (Å²) in [4.78, 5) is 11.8. The van der Waals surface area contributed by atoms with Crippen molar-refractivity contribution in [2.45, 2.75) is 34.6 Å². The van der Waals surface area contributed by atoms with Gasteiger partial charge in [-0.15, -0.1) is 0 Å². The lowest BCUT2D eigenvalue weighted by atomic mass is 10.1. The standard InChI is InChI=1S/C14H17Cl3N2O5S2/c1-8-3-4-10(5-9(8)2)26(23,24)19-12-7-25(21,22)6-11(12)18-13(20)14(15,16)17/h3-5,11-12,19H,6-7H2,1-2H3,(H,18,20)/t11-,12-/m1/s1. The van der Waals surface area contributed by atoms with E-state index in [4.69, 9.17) is 34.8 Å². The molecule has 146 valence electrons. The van der Waals surface area contributed by atoms with Crippen LogP contribution in [0, 0.1) is 13.8 Å². The lowest BCUT2D eigenvalue weighted by Crippen LogP contribution is -2.53. The summed E-state index contributed by atoms with van der Waals surface area (Å²) in [5, 5.41) is 2.28. The molecule has 1 heterocycles. The summed E-state index contributed by atoms with van der Waals surface area (Å²) in [6.45, 7) is 3.60. The Labute approximate surface area is 167 Å². The van der Waals surface area contributed by atoms with Crippen LogP contribution in [-0.4, -0.2) is 50.1 Å². The quantitative estimate of drug-likeness (QED) is 0.653. The van der Waals surface area contributed by atoms with E-state index < -0.39 is 53.1 Å². The second kappa shape index (κ2) is 7.44. The highest BCUT2D eigenvalue weighted by Gasteiger charge is 2.43. The first kappa shape index (κ1) is 21.7. The van der Waals surface area contributed by atoms with Crippen LogP contribution in [0.2, 0.25) is 0 Å². The maximum atomic E-state index is 12.6. The van der Waals surface area contributed by atoms with E-state index in [1.165, 1.54) is 12.1 Å². The van der Waals surface area contributed by atoms with Gasteiger partial charge in [0.25, 0.3) is 9.70 Å². The lowest BCUT2D eigenvalue weighted by molar-refractivity contribution is -0.120. The van der Waals surface area contributed by atoms with Gasteiger partial charge in [-0.3, -0.25) is 4.79 Å². The van der Waals surface area contributed by atoms with E-state index in [0.29, 0.717) is 0 Å². The molecule has 1 aromatic carbocycles. The lowest BCUT2D eigenvalue weighted by Gasteiger charge is -2.22. The molecule has 0 bridgehead atoms. The third-order valence-electron chi connectivity index (χ3n) is 4.02.